The minimum atomic E-state index is -1.42. The number of carbonyl (C=O) groups excluding carboxylic acids is 2. The smallest absolute Gasteiger partial charge is 0.336 e. The Morgan fingerprint density at radius 1 is 1.00 bits per heavy atom. The summed E-state index contributed by atoms with van der Waals surface area (Å²) in [7, 11) is 1.57. The number of nitrogens with one attached hydrogen (secondary N) is 1. The van der Waals surface area contributed by atoms with E-state index in [1.807, 2.05) is 12.1 Å². The Kier molecular flexibility index (Phi) is 7.56. The zero-order valence-corrected chi connectivity index (χ0v) is 19.9. The second-order valence-electron chi connectivity index (χ2n) is 7.92. The van der Waals surface area contributed by atoms with Crippen LogP contribution in [0.15, 0.2) is 82.0 Å². The van der Waals surface area contributed by atoms with Gasteiger partial charge < -0.3 is 29.1 Å². The molecule has 0 aliphatic heterocycles. The first-order chi connectivity index (χ1) is 17.3. The molecule has 36 heavy (non-hydrogen) atoms. The van der Waals surface area contributed by atoms with Crippen LogP contribution in [-0.2, 0) is 16.0 Å². The maximum absolute atomic E-state index is 12.4. The van der Waals surface area contributed by atoms with Gasteiger partial charge in [0, 0.05) is 22.5 Å². The Morgan fingerprint density at radius 3 is 2.36 bits per heavy atom. The molecule has 8 nitrogen and oxygen atoms in total. The number of benzene rings is 3. The second-order valence-corrected chi connectivity index (χ2v) is 8.36. The number of carboxylic acids is 1. The Labute approximate surface area is 211 Å². The van der Waals surface area contributed by atoms with Crippen molar-refractivity contribution in [2.75, 3.05) is 13.7 Å². The molecule has 3 aromatic carbocycles. The van der Waals surface area contributed by atoms with Crippen molar-refractivity contribution in [3.05, 3.63) is 93.8 Å². The minimum Gasteiger partial charge on any atom is -0.548 e. The molecular weight excluding hydrogens is 486 g/mol. The number of carbonyl (C=O) groups is 2. The summed E-state index contributed by atoms with van der Waals surface area (Å²) in [5.41, 5.74) is 1.89. The third kappa shape index (κ3) is 6.03. The number of hydrogen-bond donors (Lipinski definition) is 1. The fraction of sp³-hybridized carbons (Fsp3) is 0.148. The molecule has 1 aromatic heterocycles. The Balaban J connectivity index is 1.46. The van der Waals surface area contributed by atoms with Crippen LogP contribution < -0.4 is 25.5 Å². The summed E-state index contributed by atoms with van der Waals surface area (Å²) in [4.78, 5) is 36.0. The highest BCUT2D eigenvalue weighted by molar-refractivity contribution is 6.30. The molecular formula is C27H21ClNO7-. The number of ether oxygens (including phenoxy) is 2. The molecule has 0 bridgehead atoms. The number of carboxylic acid groups (broad SMARTS) is 1. The van der Waals surface area contributed by atoms with Gasteiger partial charge in [-0.2, -0.15) is 0 Å². The maximum atomic E-state index is 12.4. The Hall–Kier alpha value is -4.30. The summed E-state index contributed by atoms with van der Waals surface area (Å²) in [5.74, 6) is -1.10. The molecule has 0 saturated carbocycles. The number of methoxy groups -OCH3 is 1. The molecule has 9 heteroatoms. The molecule has 1 heterocycles. The summed E-state index contributed by atoms with van der Waals surface area (Å²) < 4.78 is 16.0. The quantitative estimate of drug-likeness (QED) is 0.347. The van der Waals surface area contributed by atoms with Crippen LogP contribution in [0.3, 0.4) is 0 Å². The van der Waals surface area contributed by atoms with Gasteiger partial charge in [0.15, 0.2) is 6.61 Å². The van der Waals surface area contributed by atoms with Crippen LogP contribution in [-0.4, -0.2) is 31.6 Å². The molecule has 0 fully saturated rings. The van der Waals surface area contributed by atoms with Gasteiger partial charge in [-0.3, -0.25) is 4.79 Å². The molecule has 4 aromatic rings. The van der Waals surface area contributed by atoms with E-state index in [-0.39, 0.29) is 17.8 Å². The third-order valence-electron chi connectivity index (χ3n) is 5.46. The predicted molar refractivity (Wildman–Crippen MR) is 132 cm³/mol. The van der Waals surface area contributed by atoms with Crippen LogP contribution in [0, 0.1) is 0 Å². The van der Waals surface area contributed by atoms with Gasteiger partial charge in [0.05, 0.1) is 19.1 Å². The van der Waals surface area contributed by atoms with Crippen molar-refractivity contribution in [1.29, 1.82) is 0 Å². The lowest BCUT2D eigenvalue weighted by Gasteiger charge is -2.20. The second kappa shape index (κ2) is 11.0. The fourth-order valence-corrected chi connectivity index (χ4v) is 3.80. The van der Waals surface area contributed by atoms with E-state index in [9.17, 15) is 19.5 Å². The van der Waals surface area contributed by atoms with E-state index in [0.717, 1.165) is 5.56 Å². The van der Waals surface area contributed by atoms with Crippen molar-refractivity contribution in [1.82, 2.24) is 5.32 Å². The van der Waals surface area contributed by atoms with Crippen LogP contribution in [0.5, 0.6) is 11.5 Å². The van der Waals surface area contributed by atoms with Crippen molar-refractivity contribution in [2.24, 2.45) is 0 Å². The van der Waals surface area contributed by atoms with Gasteiger partial charge in [0.25, 0.3) is 5.91 Å². The molecule has 0 aliphatic carbocycles. The van der Waals surface area contributed by atoms with Crippen LogP contribution in [0.25, 0.3) is 22.1 Å². The topological polar surface area (TPSA) is 118 Å². The summed E-state index contributed by atoms with van der Waals surface area (Å²) in [6.45, 7) is -0.446. The van der Waals surface area contributed by atoms with Crippen LogP contribution in [0.1, 0.15) is 5.56 Å². The van der Waals surface area contributed by atoms with E-state index in [1.165, 1.54) is 12.1 Å². The van der Waals surface area contributed by atoms with Gasteiger partial charge in [-0.1, -0.05) is 35.9 Å². The molecule has 1 atom stereocenters. The van der Waals surface area contributed by atoms with Crippen LogP contribution >= 0.6 is 11.6 Å². The first kappa shape index (κ1) is 24.8. The monoisotopic (exact) mass is 506 g/mol. The highest BCUT2D eigenvalue weighted by Crippen LogP contribution is 2.30. The lowest BCUT2D eigenvalue weighted by molar-refractivity contribution is -0.308. The first-order valence-corrected chi connectivity index (χ1v) is 11.3. The lowest BCUT2D eigenvalue weighted by Crippen LogP contribution is -2.50. The van der Waals surface area contributed by atoms with Gasteiger partial charge in [0.1, 0.15) is 17.1 Å². The molecule has 0 spiro atoms. The number of rotatable bonds is 9. The average Bonchev–Trinajstić information content (AvgIpc) is 2.87. The number of hydrogen-bond acceptors (Lipinski definition) is 7. The molecule has 1 N–H and O–H groups in total. The zero-order chi connectivity index (χ0) is 25.7. The Morgan fingerprint density at radius 2 is 1.69 bits per heavy atom. The van der Waals surface area contributed by atoms with E-state index in [1.54, 1.807) is 55.6 Å². The summed E-state index contributed by atoms with van der Waals surface area (Å²) >= 11 is 5.85. The summed E-state index contributed by atoms with van der Waals surface area (Å²) in [5, 5.41) is 15.1. The minimum absolute atomic E-state index is 0.0283. The molecule has 0 saturated heterocycles. The molecule has 0 aliphatic rings. The maximum Gasteiger partial charge on any atom is 0.336 e. The highest BCUT2D eigenvalue weighted by Gasteiger charge is 2.16. The summed E-state index contributed by atoms with van der Waals surface area (Å²) in [6.07, 6.45) is 0.0283. The molecule has 0 radical (unpaired) electrons. The van der Waals surface area contributed by atoms with Gasteiger partial charge in [-0.05, 0) is 59.5 Å². The Bertz CT molecular complexity index is 1450. The normalized spacial score (nSPS) is 11.6. The van der Waals surface area contributed by atoms with Crippen LogP contribution in [0.4, 0.5) is 0 Å². The number of halogens is 1. The van der Waals surface area contributed by atoms with E-state index >= 15 is 0 Å². The first-order valence-electron chi connectivity index (χ1n) is 10.9. The van der Waals surface area contributed by atoms with Gasteiger partial charge in [-0.25, -0.2) is 4.79 Å². The SMILES string of the molecule is COc1ccc(-c2cc(=O)oc3cc(OCC(=O)N[C@H](Cc4ccc(Cl)cc4)C(=O)[O-])ccc23)cc1. The predicted octanol–water partition coefficient (Wildman–Crippen LogP) is 2.98. The van der Waals surface area contributed by atoms with Crippen LogP contribution in [0.2, 0.25) is 5.02 Å². The fourth-order valence-electron chi connectivity index (χ4n) is 3.68. The molecule has 1 amide bonds. The van der Waals surface area contributed by atoms with Crippen molar-refractivity contribution >= 4 is 34.4 Å². The third-order valence-corrected chi connectivity index (χ3v) is 5.71. The largest absolute Gasteiger partial charge is 0.548 e. The van der Waals surface area contributed by atoms with Crippen molar-refractivity contribution in [3.8, 4) is 22.6 Å². The van der Waals surface area contributed by atoms with Gasteiger partial charge >= 0.3 is 5.63 Å². The van der Waals surface area contributed by atoms with Crippen molar-refractivity contribution in [3.63, 3.8) is 0 Å². The molecule has 184 valence electrons. The average molecular weight is 507 g/mol. The van der Waals surface area contributed by atoms with Gasteiger partial charge in [0.2, 0.25) is 0 Å². The number of aliphatic carboxylic acids is 1. The number of fused-ring (bicyclic) bond motifs is 1. The highest BCUT2D eigenvalue weighted by atomic mass is 35.5. The van der Waals surface area contributed by atoms with E-state index in [2.05, 4.69) is 5.32 Å². The summed E-state index contributed by atoms with van der Waals surface area (Å²) in [6, 6.07) is 18.9. The van der Waals surface area contributed by atoms with E-state index in [0.29, 0.717) is 27.3 Å². The van der Waals surface area contributed by atoms with E-state index in [4.69, 9.17) is 25.5 Å². The number of amides is 1. The van der Waals surface area contributed by atoms with Gasteiger partial charge in [-0.15, -0.1) is 0 Å². The standard InChI is InChI=1S/C27H22ClNO7/c1-34-19-8-4-17(5-9-19)22-14-26(31)36-24-13-20(10-11-21(22)24)35-15-25(30)29-23(27(32)33)12-16-2-6-18(28)7-3-16/h2-11,13-14,23H,12,15H2,1H3,(H,29,30)(H,32,33)/p-1/t23-/m1/s1. The van der Waals surface area contributed by atoms with Crippen molar-refractivity contribution in [2.45, 2.75) is 12.5 Å². The van der Waals surface area contributed by atoms with E-state index < -0.39 is 30.2 Å². The molecule has 0 unspecified atom stereocenters. The lowest BCUT2D eigenvalue weighted by atomic mass is 10.0. The molecule has 4 rings (SSSR count). The van der Waals surface area contributed by atoms with Crippen molar-refractivity contribution < 1.29 is 28.6 Å². The zero-order valence-electron chi connectivity index (χ0n) is 19.2.